The molecule has 116 valence electrons. The van der Waals surface area contributed by atoms with E-state index in [0.29, 0.717) is 6.04 Å². The minimum atomic E-state index is 0.607. The molecule has 0 aromatic carbocycles. The van der Waals surface area contributed by atoms with Gasteiger partial charge in [0.05, 0.1) is 0 Å². The first-order chi connectivity index (χ1) is 9.16. The molecule has 0 fully saturated rings. The Bertz CT molecular complexity index is 174. The summed E-state index contributed by atoms with van der Waals surface area (Å²) >= 11 is 0. The Morgan fingerprint density at radius 2 is 1.37 bits per heavy atom. The summed E-state index contributed by atoms with van der Waals surface area (Å²) < 4.78 is 0. The Labute approximate surface area is 120 Å². The molecular weight excluding hydrogens is 236 g/mol. The molecule has 4 nitrogen and oxygen atoms in total. The number of nitrogens with one attached hydrogen (secondary N) is 3. The zero-order chi connectivity index (χ0) is 14.3. The molecule has 0 unspecified atom stereocenters. The lowest BCUT2D eigenvalue weighted by molar-refractivity contribution is 0.344. The monoisotopic (exact) mass is 272 g/mol. The molecule has 0 saturated carbocycles. The van der Waals surface area contributed by atoms with E-state index < -0.39 is 0 Å². The zero-order valence-corrected chi connectivity index (χ0v) is 13.6. The van der Waals surface area contributed by atoms with Crippen LogP contribution < -0.4 is 16.0 Å². The van der Waals surface area contributed by atoms with Crippen molar-refractivity contribution >= 4 is 0 Å². The molecule has 0 amide bonds. The smallest absolute Gasteiger partial charge is 0.00103 e. The zero-order valence-electron chi connectivity index (χ0n) is 13.6. The first-order valence-corrected chi connectivity index (χ1v) is 8.00. The third-order valence-electron chi connectivity index (χ3n) is 3.22. The number of nitrogens with zero attached hydrogens (tertiary/aromatic N) is 1. The molecule has 0 aliphatic heterocycles. The van der Waals surface area contributed by atoms with E-state index in [-0.39, 0.29) is 0 Å². The second kappa shape index (κ2) is 14.3. The lowest BCUT2D eigenvalue weighted by atomic mass is 10.3. The average molecular weight is 272 g/mol. The third-order valence-corrected chi connectivity index (χ3v) is 3.22. The molecule has 0 aromatic heterocycles. The molecule has 4 heteroatoms. The first kappa shape index (κ1) is 18.8. The molecule has 0 heterocycles. The van der Waals surface area contributed by atoms with Crippen molar-refractivity contribution in [2.75, 3.05) is 52.9 Å². The standard InChI is InChI=1S/C15H36N4/c1-5-19(4)14-8-12-17-10-6-9-16-11-7-13-18-15(2)3/h15-18H,5-14H2,1-4H3. The summed E-state index contributed by atoms with van der Waals surface area (Å²) in [4.78, 5) is 2.36. The van der Waals surface area contributed by atoms with Crippen molar-refractivity contribution in [3.63, 3.8) is 0 Å². The van der Waals surface area contributed by atoms with Crippen LogP contribution in [0.15, 0.2) is 0 Å². The summed E-state index contributed by atoms with van der Waals surface area (Å²) in [6, 6.07) is 0.607. The summed E-state index contributed by atoms with van der Waals surface area (Å²) in [7, 11) is 2.18. The Kier molecular flexibility index (Phi) is 14.1. The molecule has 0 aromatic rings. The minimum absolute atomic E-state index is 0.607. The van der Waals surface area contributed by atoms with Gasteiger partial charge in [0, 0.05) is 6.04 Å². The van der Waals surface area contributed by atoms with Gasteiger partial charge >= 0.3 is 0 Å². The highest BCUT2D eigenvalue weighted by Crippen LogP contribution is 1.85. The largest absolute Gasteiger partial charge is 0.317 e. The van der Waals surface area contributed by atoms with E-state index in [1.807, 2.05) is 0 Å². The van der Waals surface area contributed by atoms with Gasteiger partial charge in [0.1, 0.15) is 0 Å². The van der Waals surface area contributed by atoms with Gasteiger partial charge in [0.2, 0.25) is 0 Å². The van der Waals surface area contributed by atoms with E-state index in [9.17, 15) is 0 Å². The molecule has 3 N–H and O–H groups in total. The molecule has 0 rings (SSSR count). The molecule has 0 spiro atoms. The maximum absolute atomic E-state index is 3.50. The molecule has 0 aliphatic rings. The van der Waals surface area contributed by atoms with Crippen LogP contribution >= 0.6 is 0 Å². The fourth-order valence-electron chi connectivity index (χ4n) is 1.82. The summed E-state index contributed by atoms with van der Waals surface area (Å²) in [5, 5.41) is 10.4. The fraction of sp³-hybridized carbons (Fsp3) is 1.00. The first-order valence-electron chi connectivity index (χ1n) is 8.00. The van der Waals surface area contributed by atoms with E-state index in [2.05, 4.69) is 48.7 Å². The fourth-order valence-corrected chi connectivity index (χ4v) is 1.82. The van der Waals surface area contributed by atoms with Crippen LogP contribution in [0.1, 0.15) is 40.0 Å². The van der Waals surface area contributed by atoms with Crippen LogP contribution in [0.4, 0.5) is 0 Å². The predicted octanol–water partition coefficient (Wildman–Crippen LogP) is 1.29. The van der Waals surface area contributed by atoms with Crippen molar-refractivity contribution in [3.8, 4) is 0 Å². The van der Waals surface area contributed by atoms with Crippen LogP contribution in [-0.4, -0.2) is 63.8 Å². The van der Waals surface area contributed by atoms with Gasteiger partial charge in [-0.05, 0) is 72.1 Å². The van der Waals surface area contributed by atoms with Gasteiger partial charge in [-0.1, -0.05) is 20.8 Å². The lowest BCUT2D eigenvalue weighted by Crippen LogP contribution is -2.28. The Morgan fingerprint density at radius 1 is 0.842 bits per heavy atom. The maximum atomic E-state index is 3.50. The van der Waals surface area contributed by atoms with Crippen molar-refractivity contribution in [1.29, 1.82) is 0 Å². The average Bonchev–Trinajstić information content (AvgIpc) is 2.39. The number of rotatable bonds is 14. The molecular formula is C15H36N4. The van der Waals surface area contributed by atoms with Gasteiger partial charge in [-0.25, -0.2) is 0 Å². The van der Waals surface area contributed by atoms with Crippen LogP contribution in [0.5, 0.6) is 0 Å². The SMILES string of the molecule is CCN(C)CCCNCCCNCCCNC(C)C. The van der Waals surface area contributed by atoms with Crippen molar-refractivity contribution in [3.05, 3.63) is 0 Å². The summed E-state index contributed by atoms with van der Waals surface area (Å²) in [6.07, 6.45) is 3.69. The number of hydrogen-bond acceptors (Lipinski definition) is 4. The molecule has 0 atom stereocenters. The van der Waals surface area contributed by atoms with E-state index >= 15 is 0 Å². The third kappa shape index (κ3) is 15.8. The van der Waals surface area contributed by atoms with Crippen LogP contribution in [0.25, 0.3) is 0 Å². The highest BCUT2D eigenvalue weighted by atomic mass is 15.1. The van der Waals surface area contributed by atoms with E-state index in [1.54, 1.807) is 0 Å². The Morgan fingerprint density at radius 3 is 1.89 bits per heavy atom. The molecule has 0 radical (unpaired) electrons. The van der Waals surface area contributed by atoms with Gasteiger partial charge < -0.3 is 20.9 Å². The second-order valence-electron chi connectivity index (χ2n) is 5.57. The Balaban J connectivity index is 2.99. The van der Waals surface area contributed by atoms with Crippen LogP contribution in [-0.2, 0) is 0 Å². The number of hydrogen-bond donors (Lipinski definition) is 3. The van der Waals surface area contributed by atoms with Crippen molar-refractivity contribution in [2.45, 2.75) is 46.1 Å². The van der Waals surface area contributed by atoms with Crippen molar-refractivity contribution in [2.24, 2.45) is 0 Å². The van der Waals surface area contributed by atoms with E-state index in [0.717, 1.165) is 39.3 Å². The molecule has 0 aliphatic carbocycles. The molecule has 0 saturated heterocycles. The van der Waals surface area contributed by atoms with Gasteiger partial charge in [-0.15, -0.1) is 0 Å². The molecule has 0 bridgehead atoms. The van der Waals surface area contributed by atoms with Crippen molar-refractivity contribution in [1.82, 2.24) is 20.9 Å². The second-order valence-corrected chi connectivity index (χ2v) is 5.57. The van der Waals surface area contributed by atoms with E-state index in [4.69, 9.17) is 0 Å². The van der Waals surface area contributed by atoms with Gasteiger partial charge in [-0.3, -0.25) is 0 Å². The predicted molar refractivity (Wildman–Crippen MR) is 85.9 cm³/mol. The lowest BCUT2D eigenvalue weighted by Gasteiger charge is -2.13. The van der Waals surface area contributed by atoms with Gasteiger partial charge in [-0.2, -0.15) is 0 Å². The normalized spacial score (nSPS) is 11.7. The van der Waals surface area contributed by atoms with Gasteiger partial charge in [0.15, 0.2) is 0 Å². The van der Waals surface area contributed by atoms with Crippen LogP contribution in [0, 0.1) is 0 Å². The summed E-state index contributed by atoms with van der Waals surface area (Å²) in [5.41, 5.74) is 0. The quantitative estimate of drug-likeness (QED) is 0.417. The topological polar surface area (TPSA) is 39.3 Å². The minimum Gasteiger partial charge on any atom is -0.317 e. The van der Waals surface area contributed by atoms with E-state index in [1.165, 1.54) is 25.8 Å². The van der Waals surface area contributed by atoms with Gasteiger partial charge in [0.25, 0.3) is 0 Å². The van der Waals surface area contributed by atoms with Crippen LogP contribution in [0.3, 0.4) is 0 Å². The van der Waals surface area contributed by atoms with Crippen LogP contribution in [0.2, 0.25) is 0 Å². The van der Waals surface area contributed by atoms with Crippen molar-refractivity contribution < 1.29 is 0 Å². The highest BCUT2D eigenvalue weighted by molar-refractivity contribution is 4.57. The maximum Gasteiger partial charge on any atom is 0.00103 e. The highest BCUT2D eigenvalue weighted by Gasteiger charge is 1.94. The Hall–Kier alpha value is -0.160. The summed E-state index contributed by atoms with van der Waals surface area (Å²) in [6.45, 7) is 14.6. The molecule has 19 heavy (non-hydrogen) atoms. The summed E-state index contributed by atoms with van der Waals surface area (Å²) in [5.74, 6) is 0.